The molecule has 0 radical (unpaired) electrons. The Labute approximate surface area is 180 Å². The second-order valence-electron chi connectivity index (χ2n) is 8.10. The number of aryl methyl sites for hydroxylation is 2. The van der Waals surface area contributed by atoms with Crippen LogP contribution in [-0.4, -0.2) is 57.4 Å². The Morgan fingerprint density at radius 2 is 1.86 bits per heavy atom. The standard InChI is InChI=1S/C20H30N6.2ClH/c1-16-3-4-18(22-13-16)20(7-9-21-10-8-20)14-26-11-5-17(6-12-26)19-24-23-15-25(19)2;;/h3-4,13,15,17,21H,5-12,14H2,1-2H3;2*1H. The first-order valence-corrected chi connectivity index (χ1v) is 9.86. The monoisotopic (exact) mass is 426 g/mol. The topological polar surface area (TPSA) is 58.9 Å². The summed E-state index contributed by atoms with van der Waals surface area (Å²) in [5.41, 5.74) is 2.71. The molecule has 6 nitrogen and oxygen atoms in total. The molecule has 0 aromatic carbocycles. The quantitative estimate of drug-likeness (QED) is 0.813. The van der Waals surface area contributed by atoms with Crippen molar-refractivity contribution in [3.8, 4) is 0 Å². The molecule has 2 aromatic heterocycles. The van der Waals surface area contributed by atoms with Gasteiger partial charge in [-0.2, -0.15) is 0 Å². The molecular weight excluding hydrogens is 395 g/mol. The molecule has 8 heteroatoms. The molecule has 4 rings (SSSR count). The molecule has 0 unspecified atom stereocenters. The normalized spacial score (nSPS) is 20.2. The highest BCUT2D eigenvalue weighted by Crippen LogP contribution is 2.35. The minimum Gasteiger partial charge on any atom is -0.320 e. The fourth-order valence-electron chi connectivity index (χ4n) is 4.62. The van der Waals surface area contributed by atoms with E-state index in [1.165, 1.54) is 36.9 Å². The van der Waals surface area contributed by atoms with Gasteiger partial charge in [0.15, 0.2) is 0 Å². The third-order valence-corrected chi connectivity index (χ3v) is 6.24. The number of hydrogen-bond donors (Lipinski definition) is 1. The molecule has 2 aliphatic heterocycles. The van der Waals surface area contributed by atoms with Gasteiger partial charge in [-0.25, -0.2) is 0 Å². The number of aromatic nitrogens is 4. The lowest BCUT2D eigenvalue weighted by atomic mass is 9.74. The van der Waals surface area contributed by atoms with Gasteiger partial charge in [0.1, 0.15) is 12.2 Å². The Kier molecular flexibility index (Phi) is 8.25. The molecule has 2 aromatic rings. The molecule has 0 aliphatic carbocycles. The van der Waals surface area contributed by atoms with Crippen molar-refractivity contribution in [1.29, 1.82) is 0 Å². The molecule has 2 aliphatic rings. The van der Waals surface area contributed by atoms with E-state index in [4.69, 9.17) is 4.98 Å². The van der Waals surface area contributed by atoms with Gasteiger partial charge < -0.3 is 14.8 Å². The molecule has 28 heavy (non-hydrogen) atoms. The number of halogens is 2. The SMILES string of the molecule is Cc1ccc(C2(CN3CCC(c4nncn4C)CC3)CCNCC2)nc1.Cl.Cl. The first-order valence-electron chi connectivity index (χ1n) is 9.86. The van der Waals surface area contributed by atoms with Crippen LogP contribution in [0.4, 0.5) is 0 Å². The molecule has 2 saturated heterocycles. The van der Waals surface area contributed by atoms with Crippen LogP contribution in [0, 0.1) is 6.92 Å². The lowest BCUT2D eigenvalue weighted by molar-refractivity contribution is 0.139. The highest BCUT2D eigenvalue weighted by molar-refractivity contribution is 5.85. The highest BCUT2D eigenvalue weighted by Gasteiger charge is 2.38. The Morgan fingerprint density at radius 1 is 1.14 bits per heavy atom. The number of nitrogens with one attached hydrogen (secondary N) is 1. The van der Waals surface area contributed by atoms with E-state index >= 15 is 0 Å². The van der Waals surface area contributed by atoms with Crippen molar-refractivity contribution >= 4 is 24.8 Å². The first-order chi connectivity index (χ1) is 12.7. The van der Waals surface area contributed by atoms with Crippen LogP contribution in [0.2, 0.25) is 0 Å². The van der Waals surface area contributed by atoms with Crippen molar-refractivity contribution in [2.75, 3.05) is 32.7 Å². The van der Waals surface area contributed by atoms with Crippen LogP contribution in [0.3, 0.4) is 0 Å². The first kappa shape index (κ1) is 23.1. The van der Waals surface area contributed by atoms with Crippen molar-refractivity contribution in [3.63, 3.8) is 0 Å². The minimum atomic E-state index is 0. The van der Waals surface area contributed by atoms with E-state index in [1.807, 2.05) is 12.5 Å². The van der Waals surface area contributed by atoms with Crippen molar-refractivity contribution in [1.82, 2.24) is 30.0 Å². The van der Waals surface area contributed by atoms with E-state index in [2.05, 4.69) is 51.1 Å². The summed E-state index contributed by atoms with van der Waals surface area (Å²) in [4.78, 5) is 7.48. The van der Waals surface area contributed by atoms with E-state index in [0.717, 1.165) is 38.5 Å². The van der Waals surface area contributed by atoms with Crippen molar-refractivity contribution in [3.05, 3.63) is 41.7 Å². The van der Waals surface area contributed by atoms with Crippen LogP contribution >= 0.6 is 24.8 Å². The molecule has 4 heterocycles. The van der Waals surface area contributed by atoms with Gasteiger partial charge in [0.25, 0.3) is 0 Å². The predicted octanol–water partition coefficient (Wildman–Crippen LogP) is 2.86. The summed E-state index contributed by atoms with van der Waals surface area (Å²) in [5, 5.41) is 11.9. The second-order valence-corrected chi connectivity index (χ2v) is 8.10. The van der Waals surface area contributed by atoms with Crippen LogP contribution in [0.25, 0.3) is 0 Å². The molecule has 0 saturated carbocycles. The number of likely N-dealkylation sites (tertiary alicyclic amines) is 1. The molecule has 0 spiro atoms. The highest BCUT2D eigenvalue weighted by atomic mass is 35.5. The molecule has 1 N–H and O–H groups in total. The van der Waals surface area contributed by atoms with Crippen LogP contribution in [0.15, 0.2) is 24.7 Å². The molecule has 0 amide bonds. The lowest BCUT2D eigenvalue weighted by Crippen LogP contribution is -2.49. The van der Waals surface area contributed by atoms with Gasteiger partial charge in [-0.3, -0.25) is 4.98 Å². The Bertz CT molecular complexity index is 719. The summed E-state index contributed by atoms with van der Waals surface area (Å²) >= 11 is 0. The largest absolute Gasteiger partial charge is 0.320 e. The Morgan fingerprint density at radius 3 is 2.43 bits per heavy atom. The van der Waals surface area contributed by atoms with Crippen LogP contribution in [0.5, 0.6) is 0 Å². The maximum absolute atomic E-state index is 4.83. The van der Waals surface area contributed by atoms with E-state index < -0.39 is 0 Å². The van der Waals surface area contributed by atoms with Gasteiger partial charge >= 0.3 is 0 Å². The predicted molar refractivity (Wildman–Crippen MR) is 117 cm³/mol. The van der Waals surface area contributed by atoms with Gasteiger partial charge in [0, 0.05) is 36.8 Å². The lowest BCUT2D eigenvalue weighted by Gasteiger charge is -2.43. The summed E-state index contributed by atoms with van der Waals surface area (Å²) in [5.74, 6) is 1.68. The summed E-state index contributed by atoms with van der Waals surface area (Å²) in [6.45, 7) is 7.69. The summed E-state index contributed by atoms with van der Waals surface area (Å²) in [6.07, 6.45) is 8.52. The average molecular weight is 427 g/mol. The number of hydrogen-bond acceptors (Lipinski definition) is 5. The van der Waals surface area contributed by atoms with E-state index in [-0.39, 0.29) is 30.2 Å². The zero-order valence-corrected chi connectivity index (χ0v) is 18.4. The van der Waals surface area contributed by atoms with Gasteiger partial charge in [0.2, 0.25) is 0 Å². The van der Waals surface area contributed by atoms with E-state index in [0.29, 0.717) is 5.92 Å². The maximum Gasteiger partial charge on any atom is 0.135 e. The average Bonchev–Trinajstić information content (AvgIpc) is 3.10. The Hall–Kier alpha value is -1.21. The molecule has 156 valence electrons. The van der Waals surface area contributed by atoms with Crippen molar-refractivity contribution in [2.24, 2.45) is 7.05 Å². The van der Waals surface area contributed by atoms with Crippen LogP contribution < -0.4 is 5.32 Å². The number of pyridine rings is 1. The third-order valence-electron chi connectivity index (χ3n) is 6.24. The zero-order valence-electron chi connectivity index (χ0n) is 16.8. The summed E-state index contributed by atoms with van der Waals surface area (Å²) in [7, 11) is 2.05. The Balaban J connectivity index is 0.00000140. The van der Waals surface area contributed by atoms with Gasteiger partial charge in [0.05, 0.1) is 0 Å². The van der Waals surface area contributed by atoms with Crippen molar-refractivity contribution in [2.45, 2.75) is 43.9 Å². The maximum atomic E-state index is 4.83. The van der Waals surface area contributed by atoms with Gasteiger partial charge in [-0.1, -0.05) is 6.07 Å². The number of nitrogens with zero attached hydrogens (tertiary/aromatic N) is 5. The zero-order chi connectivity index (χ0) is 18.0. The van der Waals surface area contributed by atoms with Crippen LogP contribution in [0.1, 0.15) is 48.7 Å². The summed E-state index contributed by atoms with van der Waals surface area (Å²) in [6, 6.07) is 4.47. The van der Waals surface area contributed by atoms with Crippen molar-refractivity contribution < 1.29 is 0 Å². The van der Waals surface area contributed by atoms with Gasteiger partial charge in [-0.15, -0.1) is 35.0 Å². The molecule has 0 bridgehead atoms. The third kappa shape index (κ3) is 4.85. The molecule has 0 atom stereocenters. The van der Waals surface area contributed by atoms with E-state index in [1.54, 1.807) is 0 Å². The molecule has 2 fully saturated rings. The van der Waals surface area contributed by atoms with Crippen LogP contribution in [-0.2, 0) is 12.5 Å². The molecular formula is C20H32Cl2N6. The number of rotatable bonds is 4. The fourth-order valence-corrected chi connectivity index (χ4v) is 4.62. The minimum absolute atomic E-state index is 0. The van der Waals surface area contributed by atoms with Gasteiger partial charge in [-0.05, 0) is 70.4 Å². The number of piperidine rings is 2. The summed E-state index contributed by atoms with van der Waals surface area (Å²) < 4.78 is 2.07. The fraction of sp³-hybridized carbons (Fsp3) is 0.650. The second kappa shape index (κ2) is 10.0. The van der Waals surface area contributed by atoms with E-state index in [9.17, 15) is 0 Å². The smallest absolute Gasteiger partial charge is 0.135 e.